The second kappa shape index (κ2) is 6.61. The molecule has 0 aliphatic rings. The summed E-state index contributed by atoms with van der Waals surface area (Å²) in [5, 5.41) is 0. The lowest BCUT2D eigenvalue weighted by atomic mass is 10.0. The van der Waals surface area contributed by atoms with Gasteiger partial charge >= 0.3 is 0 Å². The van der Waals surface area contributed by atoms with Crippen LogP contribution in [0.1, 0.15) is 55.4 Å². The summed E-state index contributed by atoms with van der Waals surface area (Å²) < 4.78 is 6.00. The number of rotatable bonds is 6. The van der Waals surface area contributed by atoms with Gasteiger partial charge in [-0.15, -0.1) is 0 Å². The molecule has 0 radical (unpaired) electrons. The lowest BCUT2D eigenvalue weighted by molar-refractivity contribution is -0.0781. The average molecular weight is 229 g/mol. The van der Waals surface area contributed by atoms with E-state index in [-0.39, 0.29) is 5.60 Å². The first-order chi connectivity index (χ1) is 7.17. The van der Waals surface area contributed by atoms with E-state index in [4.69, 9.17) is 4.74 Å². The van der Waals surface area contributed by atoms with Gasteiger partial charge in [0.2, 0.25) is 0 Å². The van der Waals surface area contributed by atoms with Crippen LogP contribution in [-0.2, 0) is 4.74 Å². The van der Waals surface area contributed by atoms with Crippen molar-refractivity contribution in [2.75, 3.05) is 13.1 Å². The van der Waals surface area contributed by atoms with Crippen LogP contribution >= 0.6 is 0 Å². The molecule has 0 N–H and O–H groups in total. The molecule has 0 aromatic rings. The Morgan fingerprint density at radius 3 is 1.88 bits per heavy atom. The lowest BCUT2D eigenvalue weighted by Crippen LogP contribution is -2.39. The Hall–Kier alpha value is -0.0800. The van der Waals surface area contributed by atoms with Crippen molar-refractivity contribution in [3.63, 3.8) is 0 Å². The Bertz CT molecular complexity index is 184. The molecule has 16 heavy (non-hydrogen) atoms. The summed E-state index contributed by atoms with van der Waals surface area (Å²) in [6.07, 6.45) is 0.313. The number of ether oxygens (including phenoxy) is 1. The Labute approximate surface area is 102 Å². The monoisotopic (exact) mass is 229 g/mol. The minimum absolute atomic E-state index is 0.0391. The van der Waals surface area contributed by atoms with E-state index in [0.29, 0.717) is 18.1 Å². The standard InChI is InChI=1S/C14H31NO/c1-9-15(11(2)3)10-12(4)13(5)16-14(6,7)8/h11-13H,9-10H2,1-8H3. The normalized spacial score (nSPS) is 16.9. The van der Waals surface area contributed by atoms with E-state index in [1.807, 2.05) is 0 Å². The van der Waals surface area contributed by atoms with Gasteiger partial charge in [0.05, 0.1) is 11.7 Å². The molecule has 98 valence electrons. The summed E-state index contributed by atoms with van der Waals surface area (Å²) in [5.41, 5.74) is -0.0391. The first-order valence-corrected chi connectivity index (χ1v) is 6.59. The van der Waals surface area contributed by atoms with Crippen LogP contribution in [0.2, 0.25) is 0 Å². The van der Waals surface area contributed by atoms with E-state index in [1.54, 1.807) is 0 Å². The molecule has 0 amide bonds. The van der Waals surface area contributed by atoms with Crippen molar-refractivity contribution < 1.29 is 4.74 Å². The van der Waals surface area contributed by atoms with Crippen molar-refractivity contribution in [3.05, 3.63) is 0 Å². The predicted octanol–water partition coefficient (Wildman–Crippen LogP) is 3.56. The van der Waals surface area contributed by atoms with E-state index in [2.05, 4.69) is 60.3 Å². The SMILES string of the molecule is CCN(CC(C)C(C)OC(C)(C)C)C(C)C. The Morgan fingerprint density at radius 1 is 1.06 bits per heavy atom. The average Bonchev–Trinajstić information content (AvgIpc) is 2.10. The molecule has 0 rings (SSSR count). The van der Waals surface area contributed by atoms with Crippen molar-refractivity contribution >= 4 is 0 Å². The van der Waals surface area contributed by atoms with Gasteiger partial charge in [-0.2, -0.15) is 0 Å². The zero-order chi connectivity index (χ0) is 12.9. The Kier molecular flexibility index (Phi) is 6.57. The third kappa shape index (κ3) is 6.49. The van der Waals surface area contributed by atoms with Crippen molar-refractivity contribution in [1.82, 2.24) is 4.90 Å². The van der Waals surface area contributed by atoms with E-state index in [0.717, 1.165) is 13.1 Å². The summed E-state index contributed by atoms with van der Waals surface area (Å²) >= 11 is 0. The van der Waals surface area contributed by atoms with Crippen LogP contribution in [0.15, 0.2) is 0 Å². The highest BCUT2D eigenvalue weighted by atomic mass is 16.5. The molecule has 0 saturated heterocycles. The summed E-state index contributed by atoms with van der Waals surface area (Å²) in [7, 11) is 0. The van der Waals surface area contributed by atoms with Gasteiger partial charge in [-0.05, 0) is 54.0 Å². The number of hydrogen-bond acceptors (Lipinski definition) is 2. The molecular weight excluding hydrogens is 198 g/mol. The Morgan fingerprint density at radius 2 is 1.56 bits per heavy atom. The van der Waals surface area contributed by atoms with Crippen LogP contribution in [0.5, 0.6) is 0 Å². The van der Waals surface area contributed by atoms with Gasteiger partial charge in [0, 0.05) is 12.6 Å². The molecule has 2 nitrogen and oxygen atoms in total. The maximum atomic E-state index is 6.00. The molecular formula is C14H31NO. The molecule has 0 heterocycles. The second-order valence-corrected chi connectivity index (χ2v) is 6.09. The fraction of sp³-hybridized carbons (Fsp3) is 1.00. The summed E-state index contributed by atoms with van der Waals surface area (Å²) in [6.45, 7) is 19.8. The minimum atomic E-state index is -0.0391. The van der Waals surface area contributed by atoms with Gasteiger partial charge in [0.1, 0.15) is 0 Å². The van der Waals surface area contributed by atoms with Crippen molar-refractivity contribution in [2.45, 2.75) is 73.1 Å². The highest BCUT2D eigenvalue weighted by Gasteiger charge is 2.22. The largest absolute Gasteiger partial charge is 0.373 e. The molecule has 0 fully saturated rings. The third-order valence-electron chi connectivity index (χ3n) is 3.00. The zero-order valence-corrected chi connectivity index (χ0v) is 12.5. The van der Waals surface area contributed by atoms with Crippen LogP contribution < -0.4 is 0 Å². The molecule has 0 spiro atoms. The second-order valence-electron chi connectivity index (χ2n) is 6.09. The van der Waals surface area contributed by atoms with Gasteiger partial charge in [-0.3, -0.25) is 0 Å². The van der Waals surface area contributed by atoms with Crippen LogP contribution in [-0.4, -0.2) is 35.7 Å². The van der Waals surface area contributed by atoms with E-state index < -0.39 is 0 Å². The van der Waals surface area contributed by atoms with Gasteiger partial charge in [0.15, 0.2) is 0 Å². The molecule has 0 aromatic heterocycles. The Balaban J connectivity index is 4.18. The number of hydrogen-bond donors (Lipinski definition) is 0. The van der Waals surface area contributed by atoms with Crippen LogP contribution in [0.25, 0.3) is 0 Å². The number of nitrogens with zero attached hydrogens (tertiary/aromatic N) is 1. The molecule has 2 atom stereocenters. The van der Waals surface area contributed by atoms with Crippen LogP contribution in [0.3, 0.4) is 0 Å². The fourth-order valence-corrected chi connectivity index (χ4v) is 1.90. The molecule has 0 bridgehead atoms. The van der Waals surface area contributed by atoms with Crippen molar-refractivity contribution in [1.29, 1.82) is 0 Å². The summed E-state index contributed by atoms with van der Waals surface area (Å²) in [5.74, 6) is 0.571. The summed E-state index contributed by atoms with van der Waals surface area (Å²) in [6, 6.07) is 0.620. The molecule has 0 aliphatic heterocycles. The topological polar surface area (TPSA) is 12.5 Å². The molecule has 2 heteroatoms. The molecule has 0 saturated carbocycles. The van der Waals surface area contributed by atoms with E-state index in [9.17, 15) is 0 Å². The van der Waals surface area contributed by atoms with Gasteiger partial charge in [-0.25, -0.2) is 0 Å². The maximum Gasteiger partial charge on any atom is 0.0602 e. The van der Waals surface area contributed by atoms with Gasteiger partial charge in [-0.1, -0.05) is 13.8 Å². The molecule has 2 unspecified atom stereocenters. The third-order valence-corrected chi connectivity index (χ3v) is 3.00. The van der Waals surface area contributed by atoms with Crippen LogP contribution in [0.4, 0.5) is 0 Å². The van der Waals surface area contributed by atoms with Crippen molar-refractivity contribution in [3.8, 4) is 0 Å². The lowest BCUT2D eigenvalue weighted by Gasteiger charge is -2.33. The highest BCUT2D eigenvalue weighted by molar-refractivity contribution is 4.72. The van der Waals surface area contributed by atoms with Crippen molar-refractivity contribution in [2.24, 2.45) is 5.92 Å². The maximum absolute atomic E-state index is 6.00. The minimum Gasteiger partial charge on any atom is -0.373 e. The van der Waals surface area contributed by atoms with E-state index >= 15 is 0 Å². The van der Waals surface area contributed by atoms with Crippen LogP contribution in [0, 0.1) is 5.92 Å². The summed E-state index contributed by atoms with van der Waals surface area (Å²) in [4.78, 5) is 2.49. The predicted molar refractivity (Wildman–Crippen MR) is 71.8 cm³/mol. The zero-order valence-electron chi connectivity index (χ0n) is 12.5. The molecule has 0 aromatic carbocycles. The highest BCUT2D eigenvalue weighted by Crippen LogP contribution is 2.18. The van der Waals surface area contributed by atoms with Gasteiger partial charge in [0.25, 0.3) is 0 Å². The first-order valence-electron chi connectivity index (χ1n) is 6.59. The van der Waals surface area contributed by atoms with E-state index in [1.165, 1.54) is 0 Å². The first kappa shape index (κ1) is 15.9. The fourth-order valence-electron chi connectivity index (χ4n) is 1.90. The smallest absolute Gasteiger partial charge is 0.0602 e. The molecule has 0 aliphatic carbocycles. The van der Waals surface area contributed by atoms with Gasteiger partial charge < -0.3 is 9.64 Å². The quantitative estimate of drug-likeness (QED) is 0.690.